The molecular weight excluding hydrogens is 467 g/mol. The molecule has 3 aliphatic rings. The first kappa shape index (κ1) is 23.7. The van der Waals surface area contributed by atoms with Gasteiger partial charge in [0, 0.05) is 23.6 Å². The van der Waals surface area contributed by atoms with Gasteiger partial charge in [-0.25, -0.2) is 14.4 Å². The number of primary amides is 1. The van der Waals surface area contributed by atoms with Crippen molar-refractivity contribution < 1.29 is 41.4 Å². The van der Waals surface area contributed by atoms with Crippen LogP contribution in [0.2, 0.25) is 0 Å². The Morgan fingerprint density at radius 3 is 2.53 bits per heavy atom. The average Bonchev–Trinajstić information content (AvgIpc) is 3.29. The van der Waals surface area contributed by atoms with E-state index in [9.17, 15) is 32.0 Å². The zero-order valence-corrected chi connectivity index (χ0v) is 18.0. The average molecular weight is 486 g/mol. The number of nitrogens with zero attached hydrogens (tertiary/aromatic N) is 3. The number of fused-ring (bicyclic) bond motifs is 1. The summed E-state index contributed by atoms with van der Waals surface area (Å²) in [5.41, 5.74) is 1.95. The molecule has 0 aliphatic carbocycles. The Labute approximate surface area is 189 Å². The Balaban J connectivity index is 1.95. The number of hydrogen-bond acceptors (Lipinski definition) is 6. The van der Waals surface area contributed by atoms with Gasteiger partial charge in [0.1, 0.15) is 11.8 Å². The molecule has 34 heavy (non-hydrogen) atoms. The number of pyridine rings is 1. The molecule has 4 atom stereocenters. The van der Waals surface area contributed by atoms with Crippen molar-refractivity contribution in [3.05, 3.63) is 53.1 Å². The van der Waals surface area contributed by atoms with E-state index in [0.717, 1.165) is 32.4 Å². The van der Waals surface area contributed by atoms with Crippen LogP contribution in [0.4, 0.5) is 22.0 Å². The molecular formula is C21H19F5N4O4. The van der Waals surface area contributed by atoms with Crippen LogP contribution in [0.5, 0.6) is 5.75 Å². The molecule has 13 heteroatoms. The first-order valence-electron chi connectivity index (χ1n) is 9.96. The van der Waals surface area contributed by atoms with Gasteiger partial charge in [0.05, 0.1) is 12.8 Å². The zero-order valence-electron chi connectivity index (χ0n) is 18.0. The molecule has 0 aromatic heterocycles. The van der Waals surface area contributed by atoms with E-state index in [-0.39, 0.29) is 22.8 Å². The quantitative estimate of drug-likeness (QED) is 0.428. The fraction of sp³-hybridized carbons (Fsp3) is 0.381. The number of methoxy groups -OCH3 is 1. The first-order chi connectivity index (χ1) is 15.8. The fourth-order valence-corrected chi connectivity index (χ4v) is 4.38. The Kier molecular flexibility index (Phi) is 5.42. The van der Waals surface area contributed by atoms with Crippen LogP contribution in [0.3, 0.4) is 0 Å². The molecule has 1 saturated heterocycles. The van der Waals surface area contributed by atoms with E-state index in [0.29, 0.717) is 4.73 Å². The number of alkyl halides is 3. The first-order valence-corrected chi connectivity index (χ1v) is 9.96. The number of nitrogens with two attached hydrogens (primary N) is 1. The number of rotatable bonds is 4. The van der Waals surface area contributed by atoms with E-state index in [1.807, 2.05) is 0 Å². The second-order valence-electron chi connectivity index (χ2n) is 8.13. The van der Waals surface area contributed by atoms with Crippen LogP contribution in [0.15, 0.2) is 24.4 Å². The lowest BCUT2D eigenvalue weighted by molar-refractivity contribution is -0.275. The third-order valence-corrected chi connectivity index (χ3v) is 6.33. The number of halogens is 5. The molecule has 3 aliphatic heterocycles. The number of carbonyl (C=O) groups excluding carboxylic acids is 1. The van der Waals surface area contributed by atoms with Gasteiger partial charge in [-0.3, -0.25) is 4.79 Å². The van der Waals surface area contributed by atoms with E-state index in [1.165, 1.54) is 13.0 Å². The highest BCUT2D eigenvalue weighted by Gasteiger charge is 2.65. The van der Waals surface area contributed by atoms with Crippen LogP contribution >= 0.6 is 0 Å². The third kappa shape index (κ3) is 3.33. The third-order valence-electron chi connectivity index (χ3n) is 6.33. The summed E-state index contributed by atoms with van der Waals surface area (Å²) in [5, 5.41) is 9.91. The SMILES string of the molecule is COc1c([C@H]2[C@H](c3nc4ccn(O)c(C(N)=O)c-4n3)O[C@@](C)(C(F)(F)F)[C@H]2C)ccc(F)c1F. The van der Waals surface area contributed by atoms with Crippen molar-refractivity contribution in [2.45, 2.75) is 37.6 Å². The van der Waals surface area contributed by atoms with E-state index >= 15 is 0 Å². The second kappa shape index (κ2) is 7.79. The standard InChI is InChI=1S/C21H19F5N4O4/c1-8-12(9-4-5-10(22)13(23)16(9)33-3)17(34-20(8,2)21(24,25)26)19-28-11-6-7-30(32)15(18(27)31)14(11)29-19/h4-8,12,17,32H,1-3H3,(H2,27,31)/t8-,12-,17+,20+/m0/s1. The normalized spacial score (nSPS) is 25.1. The summed E-state index contributed by atoms with van der Waals surface area (Å²) in [7, 11) is 1.06. The number of hydrogen-bond donors (Lipinski definition) is 2. The van der Waals surface area contributed by atoms with Crippen molar-refractivity contribution in [1.29, 1.82) is 0 Å². The maximum Gasteiger partial charge on any atom is 0.417 e. The molecule has 0 saturated carbocycles. The predicted molar refractivity (Wildman–Crippen MR) is 105 cm³/mol. The lowest BCUT2D eigenvalue weighted by Gasteiger charge is -2.32. The fourth-order valence-electron chi connectivity index (χ4n) is 4.38. The Morgan fingerprint density at radius 2 is 1.94 bits per heavy atom. The van der Waals surface area contributed by atoms with Gasteiger partial charge in [-0.1, -0.05) is 13.0 Å². The minimum absolute atomic E-state index is 0.0574. The number of ether oxygens (including phenoxy) is 2. The number of imidazole rings is 1. The smallest absolute Gasteiger partial charge is 0.417 e. The van der Waals surface area contributed by atoms with Crippen LogP contribution < -0.4 is 10.5 Å². The van der Waals surface area contributed by atoms with Crippen molar-refractivity contribution in [3.8, 4) is 17.1 Å². The van der Waals surface area contributed by atoms with Crippen molar-refractivity contribution in [2.24, 2.45) is 11.7 Å². The van der Waals surface area contributed by atoms with E-state index in [2.05, 4.69) is 9.97 Å². The molecule has 1 aromatic carbocycles. The molecule has 3 N–H and O–H groups in total. The van der Waals surface area contributed by atoms with E-state index < -0.39 is 58.7 Å². The van der Waals surface area contributed by atoms with Crippen molar-refractivity contribution in [2.75, 3.05) is 7.11 Å². The van der Waals surface area contributed by atoms with Gasteiger partial charge in [0.15, 0.2) is 28.7 Å². The molecule has 0 unspecified atom stereocenters. The van der Waals surface area contributed by atoms with Crippen LogP contribution in [-0.2, 0) is 4.74 Å². The van der Waals surface area contributed by atoms with Crippen LogP contribution in [0.25, 0.3) is 11.4 Å². The summed E-state index contributed by atoms with van der Waals surface area (Å²) in [6, 6.07) is 3.17. The van der Waals surface area contributed by atoms with Crippen molar-refractivity contribution in [1.82, 2.24) is 14.7 Å². The number of aromatic nitrogens is 3. The molecule has 1 aromatic rings. The molecule has 0 bridgehead atoms. The van der Waals surface area contributed by atoms with Gasteiger partial charge < -0.3 is 20.4 Å². The van der Waals surface area contributed by atoms with Gasteiger partial charge >= 0.3 is 6.18 Å². The summed E-state index contributed by atoms with van der Waals surface area (Å²) in [5.74, 6) is -7.05. The molecule has 182 valence electrons. The molecule has 3 heterocycles. The highest BCUT2D eigenvalue weighted by Crippen LogP contribution is 2.59. The van der Waals surface area contributed by atoms with Gasteiger partial charge in [-0.05, 0) is 19.1 Å². The summed E-state index contributed by atoms with van der Waals surface area (Å²) in [4.78, 5) is 20.1. The van der Waals surface area contributed by atoms with Crippen LogP contribution in [0.1, 0.15) is 47.7 Å². The maximum absolute atomic E-state index is 14.5. The van der Waals surface area contributed by atoms with Gasteiger partial charge in [-0.15, -0.1) is 0 Å². The number of benzene rings is 1. The molecule has 8 nitrogen and oxygen atoms in total. The minimum Gasteiger partial charge on any atom is -0.493 e. The van der Waals surface area contributed by atoms with Crippen LogP contribution in [0, 0.1) is 17.6 Å². The van der Waals surface area contributed by atoms with Gasteiger partial charge in [0.2, 0.25) is 5.82 Å². The summed E-state index contributed by atoms with van der Waals surface area (Å²) >= 11 is 0. The van der Waals surface area contributed by atoms with Crippen molar-refractivity contribution in [3.63, 3.8) is 0 Å². The largest absolute Gasteiger partial charge is 0.493 e. The highest BCUT2D eigenvalue weighted by molar-refractivity contribution is 5.97. The second-order valence-corrected chi connectivity index (χ2v) is 8.13. The highest BCUT2D eigenvalue weighted by atomic mass is 19.4. The number of carbonyl (C=O) groups is 1. The Morgan fingerprint density at radius 1 is 1.26 bits per heavy atom. The van der Waals surface area contributed by atoms with Gasteiger partial charge in [0.25, 0.3) is 5.91 Å². The summed E-state index contributed by atoms with van der Waals surface area (Å²) in [6.07, 6.45) is -5.28. The topological polar surface area (TPSA) is 112 Å². The lowest BCUT2D eigenvalue weighted by Crippen LogP contribution is -2.46. The molecule has 1 fully saturated rings. The Bertz CT molecular complexity index is 1250. The summed E-state index contributed by atoms with van der Waals surface area (Å²) in [6.45, 7) is 2.11. The minimum atomic E-state index is -4.84. The van der Waals surface area contributed by atoms with Crippen molar-refractivity contribution >= 4 is 5.91 Å². The summed E-state index contributed by atoms with van der Waals surface area (Å²) < 4.78 is 81.5. The number of amides is 1. The Hall–Kier alpha value is -3.48. The lowest BCUT2D eigenvalue weighted by atomic mass is 9.77. The predicted octanol–water partition coefficient (Wildman–Crippen LogP) is 3.82. The molecule has 4 rings (SSSR count). The molecule has 0 radical (unpaired) electrons. The molecule has 1 amide bonds. The van der Waals surface area contributed by atoms with Gasteiger partial charge in [-0.2, -0.15) is 22.3 Å². The van der Waals surface area contributed by atoms with Crippen LogP contribution in [-0.4, -0.2) is 44.7 Å². The molecule has 0 spiro atoms. The zero-order chi connectivity index (χ0) is 25.2. The van der Waals surface area contributed by atoms with E-state index in [1.54, 1.807) is 0 Å². The monoisotopic (exact) mass is 486 g/mol. The maximum atomic E-state index is 14.5. The van der Waals surface area contributed by atoms with E-state index in [4.69, 9.17) is 15.2 Å².